The van der Waals surface area contributed by atoms with Gasteiger partial charge in [-0.05, 0) is 25.0 Å². The number of carbonyl (C=O) groups excluding carboxylic acids is 1. The van der Waals surface area contributed by atoms with Crippen molar-refractivity contribution >= 4 is 5.97 Å². The Bertz CT molecular complexity index is 679. The number of aryl methyl sites for hydroxylation is 1. The van der Waals surface area contributed by atoms with Crippen molar-refractivity contribution in [2.75, 3.05) is 6.61 Å². The molecular weight excluding hydrogens is 258 g/mol. The monoisotopic (exact) mass is 273 g/mol. The summed E-state index contributed by atoms with van der Waals surface area (Å²) in [6.07, 6.45) is 5.38. The predicted molar refractivity (Wildman–Crippen MR) is 73.4 cm³/mol. The maximum atomic E-state index is 11.9. The zero-order valence-corrected chi connectivity index (χ0v) is 11.3. The average molecular weight is 273 g/mol. The van der Waals surface area contributed by atoms with Crippen LogP contribution in [0.5, 0.6) is 0 Å². The van der Waals surface area contributed by atoms with Gasteiger partial charge in [0.05, 0.1) is 6.61 Å². The van der Waals surface area contributed by atoms with Crippen molar-refractivity contribution in [2.24, 2.45) is 0 Å². The quantitative estimate of drug-likeness (QED) is 0.855. The van der Waals surface area contributed by atoms with E-state index >= 15 is 0 Å². The Morgan fingerprint density at radius 3 is 2.80 bits per heavy atom. The van der Waals surface area contributed by atoms with Crippen LogP contribution in [0.25, 0.3) is 11.4 Å². The summed E-state index contributed by atoms with van der Waals surface area (Å²) < 4.78 is 4.79. The summed E-state index contributed by atoms with van der Waals surface area (Å²) in [6.45, 7) is 3.88. The van der Waals surface area contributed by atoms with E-state index in [1.54, 1.807) is 25.4 Å². The molecule has 6 heteroatoms. The Labute approximate surface area is 115 Å². The third-order valence-electron chi connectivity index (χ3n) is 2.83. The predicted octanol–water partition coefficient (Wildman–Crippen LogP) is 1.57. The third-order valence-corrected chi connectivity index (χ3v) is 2.83. The lowest BCUT2D eigenvalue weighted by molar-refractivity contribution is 0.0524. The number of carbonyl (C=O) groups is 1. The molecule has 0 atom stereocenters. The van der Waals surface area contributed by atoms with Gasteiger partial charge in [-0.2, -0.15) is 0 Å². The highest BCUT2D eigenvalue weighted by Crippen LogP contribution is 2.18. The standard InChI is InChI=1S/C14H15N3O3/c1-3-9-7-15-6-5-10(9)12-16-8-11(13(18)17-12)14(19)20-4-2/h5-8H,3-4H2,1-2H3,(H,16,17,18). The van der Waals surface area contributed by atoms with Crippen molar-refractivity contribution in [1.29, 1.82) is 0 Å². The Hall–Kier alpha value is -2.50. The van der Waals surface area contributed by atoms with Gasteiger partial charge in [0, 0.05) is 24.2 Å². The van der Waals surface area contributed by atoms with Gasteiger partial charge in [0.15, 0.2) is 0 Å². The molecule has 0 radical (unpaired) electrons. The van der Waals surface area contributed by atoms with Crippen molar-refractivity contribution in [2.45, 2.75) is 20.3 Å². The number of nitrogens with zero attached hydrogens (tertiary/aromatic N) is 2. The van der Waals surface area contributed by atoms with E-state index in [2.05, 4.69) is 15.0 Å². The Morgan fingerprint density at radius 1 is 1.35 bits per heavy atom. The van der Waals surface area contributed by atoms with E-state index in [9.17, 15) is 9.59 Å². The summed E-state index contributed by atoms with van der Waals surface area (Å²) in [5, 5.41) is 0. The SMILES string of the molecule is CCOC(=O)c1cnc(-c2ccncc2CC)[nH]c1=O. The van der Waals surface area contributed by atoms with E-state index in [4.69, 9.17) is 4.74 Å². The van der Waals surface area contributed by atoms with Crippen LogP contribution in [0, 0.1) is 0 Å². The van der Waals surface area contributed by atoms with Gasteiger partial charge in [0.2, 0.25) is 0 Å². The number of ether oxygens (including phenoxy) is 1. The summed E-state index contributed by atoms with van der Waals surface area (Å²) in [6, 6.07) is 1.78. The average Bonchev–Trinajstić information content (AvgIpc) is 2.47. The Balaban J connectivity index is 2.43. The molecule has 0 unspecified atom stereocenters. The zero-order valence-electron chi connectivity index (χ0n) is 11.3. The molecule has 2 aromatic rings. The van der Waals surface area contributed by atoms with E-state index in [1.165, 1.54) is 6.20 Å². The van der Waals surface area contributed by atoms with Crippen LogP contribution in [0.15, 0.2) is 29.5 Å². The molecule has 0 aliphatic rings. The highest BCUT2D eigenvalue weighted by molar-refractivity contribution is 5.88. The molecule has 2 aromatic heterocycles. The van der Waals surface area contributed by atoms with Gasteiger partial charge < -0.3 is 9.72 Å². The molecule has 2 rings (SSSR count). The van der Waals surface area contributed by atoms with Gasteiger partial charge in [0.25, 0.3) is 5.56 Å². The molecule has 0 saturated heterocycles. The minimum absolute atomic E-state index is 0.0947. The molecule has 0 fully saturated rings. The van der Waals surface area contributed by atoms with Crippen molar-refractivity contribution in [3.63, 3.8) is 0 Å². The lowest BCUT2D eigenvalue weighted by atomic mass is 10.1. The molecule has 104 valence electrons. The number of pyridine rings is 1. The van der Waals surface area contributed by atoms with Crippen LogP contribution in [0.2, 0.25) is 0 Å². The van der Waals surface area contributed by atoms with Crippen molar-refractivity contribution in [3.8, 4) is 11.4 Å². The number of esters is 1. The number of H-pyrrole nitrogens is 1. The first-order valence-corrected chi connectivity index (χ1v) is 6.37. The molecule has 2 heterocycles. The lowest BCUT2D eigenvalue weighted by Crippen LogP contribution is -2.21. The Morgan fingerprint density at radius 2 is 2.15 bits per heavy atom. The van der Waals surface area contributed by atoms with E-state index in [-0.39, 0.29) is 12.2 Å². The summed E-state index contributed by atoms with van der Waals surface area (Å²) in [4.78, 5) is 34.3. The molecule has 0 spiro atoms. The summed E-state index contributed by atoms with van der Waals surface area (Å²) in [5.74, 6) is -0.249. The summed E-state index contributed by atoms with van der Waals surface area (Å²) in [7, 11) is 0. The van der Waals surface area contributed by atoms with Crippen LogP contribution < -0.4 is 5.56 Å². The molecule has 0 aromatic carbocycles. The number of aromatic amines is 1. The number of aromatic nitrogens is 3. The molecule has 0 bridgehead atoms. The lowest BCUT2D eigenvalue weighted by Gasteiger charge is -2.06. The molecule has 0 amide bonds. The maximum Gasteiger partial charge on any atom is 0.345 e. The number of hydrogen-bond donors (Lipinski definition) is 1. The highest BCUT2D eigenvalue weighted by Gasteiger charge is 2.14. The first-order valence-electron chi connectivity index (χ1n) is 6.37. The van der Waals surface area contributed by atoms with Gasteiger partial charge in [-0.25, -0.2) is 9.78 Å². The molecule has 20 heavy (non-hydrogen) atoms. The van der Waals surface area contributed by atoms with Crippen molar-refractivity contribution in [3.05, 3.63) is 46.1 Å². The van der Waals surface area contributed by atoms with Gasteiger partial charge in [0.1, 0.15) is 11.4 Å². The Kier molecular flexibility index (Phi) is 4.24. The number of hydrogen-bond acceptors (Lipinski definition) is 5. The normalized spacial score (nSPS) is 10.3. The van der Waals surface area contributed by atoms with Gasteiger partial charge in [-0.1, -0.05) is 6.92 Å². The smallest absolute Gasteiger partial charge is 0.345 e. The minimum Gasteiger partial charge on any atom is -0.462 e. The van der Waals surface area contributed by atoms with E-state index in [0.717, 1.165) is 17.5 Å². The van der Waals surface area contributed by atoms with Crippen molar-refractivity contribution < 1.29 is 9.53 Å². The summed E-state index contributed by atoms with van der Waals surface area (Å²) in [5.41, 5.74) is 1.17. The fourth-order valence-corrected chi connectivity index (χ4v) is 1.83. The molecule has 0 saturated carbocycles. The highest BCUT2D eigenvalue weighted by atomic mass is 16.5. The van der Waals surface area contributed by atoms with Crippen LogP contribution in [0.1, 0.15) is 29.8 Å². The fraction of sp³-hybridized carbons (Fsp3) is 0.286. The van der Waals surface area contributed by atoms with Crippen LogP contribution in [0.4, 0.5) is 0 Å². The first kappa shape index (κ1) is 13.9. The minimum atomic E-state index is -0.668. The largest absolute Gasteiger partial charge is 0.462 e. The first-order chi connectivity index (χ1) is 9.67. The number of rotatable bonds is 4. The van der Waals surface area contributed by atoms with Gasteiger partial charge in [-0.3, -0.25) is 9.78 Å². The van der Waals surface area contributed by atoms with Gasteiger partial charge >= 0.3 is 5.97 Å². The second kappa shape index (κ2) is 6.10. The zero-order chi connectivity index (χ0) is 14.5. The van der Waals surface area contributed by atoms with Crippen molar-refractivity contribution in [1.82, 2.24) is 15.0 Å². The van der Waals surface area contributed by atoms with Gasteiger partial charge in [-0.15, -0.1) is 0 Å². The van der Waals surface area contributed by atoms with Crippen LogP contribution >= 0.6 is 0 Å². The molecular formula is C14H15N3O3. The van der Waals surface area contributed by atoms with E-state index < -0.39 is 11.5 Å². The number of nitrogens with one attached hydrogen (secondary N) is 1. The summed E-state index contributed by atoms with van der Waals surface area (Å²) >= 11 is 0. The van der Waals surface area contributed by atoms with E-state index in [1.807, 2.05) is 6.92 Å². The molecule has 1 N–H and O–H groups in total. The molecule has 0 aliphatic heterocycles. The van der Waals surface area contributed by atoms with Crippen LogP contribution in [0.3, 0.4) is 0 Å². The fourth-order valence-electron chi connectivity index (χ4n) is 1.83. The van der Waals surface area contributed by atoms with E-state index in [0.29, 0.717) is 5.82 Å². The van der Waals surface area contributed by atoms with Crippen LogP contribution in [-0.2, 0) is 11.2 Å². The topological polar surface area (TPSA) is 84.9 Å². The maximum absolute atomic E-state index is 11.9. The molecule has 6 nitrogen and oxygen atoms in total. The second-order valence-electron chi connectivity index (χ2n) is 4.08. The van der Waals surface area contributed by atoms with Crippen LogP contribution in [-0.4, -0.2) is 27.5 Å². The molecule has 0 aliphatic carbocycles. The second-order valence-corrected chi connectivity index (χ2v) is 4.08. The third kappa shape index (κ3) is 2.74.